The molecule has 0 unspecified atom stereocenters. The van der Waals surface area contributed by atoms with E-state index < -0.39 is 0 Å². The molecule has 0 N–H and O–H groups in total. The Hall–Kier alpha value is -2.89. The van der Waals surface area contributed by atoms with Gasteiger partial charge in [-0.25, -0.2) is 4.98 Å². The fourth-order valence-electron chi connectivity index (χ4n) is 2.91. The molecule has 3 heterocycles. The van der Waals surface area contributed by atoms with Crippen molar-refractivity contribution < 1.29 is 4.79 Å². The number of hydrogen-bond donors (Lipinski definition) is 0. The number of carbonyl (C=O) groups excluding carboxylic acids is 1. The minimum atomic E-state index is 0.0962. The summed E-state index contributed by atoms with van der Waals surface area (Å²) in [6, 6.07) is 11.7. The first-order valence-electron chi connectivity index (χ1n) is 7.65. The second-order valence-electron chi connectivity index (χ2n) is 5.83. The van der Waals surface area contributed by atoms with Gasteiger partial charge in [0, 0.05) is 49.2 Å². The molecule has 1 saturated heterocycles. The van der Waals surface area contributed by atoms with E-state index in [0.29, 0.717) is 5.92 Å². The number of hydrogen-bond acceptors (Lipinski definition) is 3. The highest BCUT2D eigenvalue weighted by molar-refractivity contribution is 5.94. The second kappa shape index (κ2) is 5.72. The molecule has 1 aromatic carbocycles. The van der Waals surface area contributed by atoms with Gasteiger partial charge in [-0.1, -0.05) is 0 Å². The number of nitrogens with zero attached hydrogens (tertiary/aromatic N) is 5. The van der Waals surface area contributed by atoms with Crippen molar-refractivity contribution in [3.05, 3.63) is 67.0 Å². The third kappa shape index (κ3) is 2.75. The zero-order chi connectivity index (χ0) is 15.6. The van der Waals surface area contributed by atoms with Gasteiger partial charge in [-0.15, -0.1) is 0 Å². The Bertz CT molecular complexity index is 771. The SMILES string of the molecule is O=C(c1ccc(-n2cccc2)cc1)N1CC(Cn2cncn2)C1. The van der Waals surface area contributed by atoms with E-state index in [1.165, 1.54) is 6.33 Å². The van der Waals surface area contributed by atoms with Gasteiger partial charge in [-0.05, 0) is 36.4 Å². The highest BCUT2D eigenvalue weighted by Gasteiger charge is 2.31. The van der Waals surface area contributed by atoms with Crippen LogP contribution in [-0.4, -0.2) is 43.2 Å². The molecule has 2 aromatic heterocycles. The molecular formula is C17H17N5O. The standard InChI is InChI=1S/C17H17N5O/c23-17(21-9-14(10-21)11-22-13-18-12-19-22)15-3-5-16(6-4-15)20-7-1-2-8-20/h1-8,12-14H,9-11H2. The molecule has 116 valence electrons. The topological polar surface area (TPSA) is 56.0 Å². The van der Waals surface area contributed by atoms with Crippen molar-refractivity contribution in [3.8, 4) is 5.69 Å². The molecule has 1 amide bonds. The molecule has 0 bridgehead atoms. The third-order valence-electron chi connectivity index (χ3n) is 4.17. The van der Waals surface area contributed by atoms with Crippen molar-refractivity contribution in [2.45, 2.75) is 6.54 Å². The van der Waals surface area contributed by atoms with Crippen LogP contribution < -0.4 is 0 Å². The Labute approximate surface area is 134 Å². The van der Waals surface area contributed by atoms with Crippen molar-refractivity contribution in [2.75, 3.05) is 13.1 Å². The summed E-state index contributed by atoms with van der Waals surface area (Å²) in [5.41, 5.74) is 1.79. The minimum Gasteiger partial charge on any atom is -0.338 e. The molecule has 0 saturated carbocycles. The van der Waals surface area contributed by atoms with Crippen molar-refractivity contribution in [1.29, 1.82) is 0 Å². The molecule has 3 aromatic rings. The normalized spacial score (nSPS) is 14.7. The van der Waals surface area contributed by atoms with Crippen LogP contribution in [0.2, 0.25) is 0 Å². The molecule has 6 nitrogen and oxygen atoms in total. The van der Waals surface area contributed by atoms with Crippen LogP contribution in [0.25, 0.3) is 5.69 Å². The van der Waals surface area contributed by atoms with Crippen LogP contribution in [0.4, 0.5) is 0 Å². The smallest absolute Gasteiger partial charge is 0.253 e. The van der Waals surface area contributed by atoms with E-state index in [9.17, 15) is 4.79 Å². The lowest BCUT2D eigenvalue weighted by Gasteiger charge is -2.39. The maximum Gasteiger partial charge on any atom is 0.253 e. The zero-order valence-electron chi connectivity index (χ0n) is 12.6. The van der Waals surface area contributed by atoms with Crippen LogP contribution in [0.1, 0.15) is 10.4 Å². The Balaban J connectivity index is 1.37. The lowest BCUT2D eigenvalue weighted by molar-refractivity contribution is 0.0461. The van der Waals surface area contributed by atoms with Gasteiger partial charge in [0.15, 0.2) is 0 Å². The number of benzene rings is 1. The van der Waals surface area contributed by atoms with Crippen LogP contribution in [-0.2, 0) is 6.54 Å². The largest absolute Gasteiger partial charge is 0.338 e. The molecule has 23 heavy (non-hydrogen) atoms. The van der Waals surface area contributed by atoms with Gasteiger partial charge in [0.1, 0.15) is 12.7 Å². The zero-order valence-corrected chi connectivity index (χ0v) is 12.6. The van der Waals surface area contributed by atoms with Crippen LogP contribution >= 0.6 is 0 Å². The average molecular weight is 307 g/mol. The third-order valence-corrected chi connectivity index (χ3v) is 4.17. The summed E-state index contributed by atoms with van der Waals surface area (Å²) < 4.78 is 3.84. The van der Waals surface area contributed by atoms with Gasteiger partial charge in [-0.3, -0.25) is 9.48 Å². The molecule has 1 aliphatic rings. The highest BCUT2D eigenvalue weighted by atomic mass is 16.2. The highest BCUT2D eigenvalue weighted by Crippen LogP contribution is 2.20. The van der Waals surface area contributed by atoms with Crippen molar-refractivity contribution in [1.82, 2.24) is 24.2 Å². The second-order valence-corrected chi connectivity index (χ2v) is 5.83. The van der Waals surface area contributed by atoms with E-state index in [2.05, 4.69) is 10.1 Å². The van der Waals surface area contributed by atoms with Crippen LogP contribution in [0.15, 0.2) is 61.4 Å². The molecule has 0 aliphatic carbocycles. The lowest BCUT2D eigenvalue weighted by atomic mass is 9.99. The molecular weight excluding hydrogens is 290 g/mol. The summed E-state index contributed by atoms with van der Waals surface area (Å²) in [5, 5.41) is 4.10. The van der Waals surface area contributed by atoms with E-state index in [4.69, 9.17) is 0 Å². The quantitative estimate of drug-likeness (QED) is 0.739. The van der Waals surface area contributed by atoms with Gasteiger partial charge in [0.25, 0.3) is 5.91 Å². The summed E-state index contributed by atoms with van der Waals surface area (Å²) in [5.74, 6) is 0.554. The van der Waals surface area contributed by atoms with Gasteiger partial charge in [0.2, 0.25) is 0 Å². The summed E-state index contributed by atoms with van der Waals surface area (Å²) in [6.45, 7) is 2.37. The lowest BCUT2D eigenvalue weighted by Crippen LogP contribution is -2.51. The molecule has 1 aliphatic heterocycles. The first kappa shape index (κ1) is 13.8. The predicted molar refractivity (Wildman–Crippen MR) is 85.2 cm³/mol. The van der Waals surface area contributed by atoms with Gasteiger partial charge in [-0.2, -0.15) is 5.10 Å². The van der Waals surface area contributed by atoms with Crippen molar-refractivity contribution >= 4 is 5.91 Å². The number of amides is 1. The molecule has 1 fully saturated rings. The summed E-state index contributed by atoms with van der Waals surface area (Å²) in [6.07, 6.45) is 7.22. The summed E-state index contributed by atoms with van der Waals surface area (Å²) in [7, 11) is 0. The summed E-state index contributed by atoms with van der Waals surface area (Å²) >= 11 is 0. The Morgan fingerprint density at radius 1 is 1.13 bits per heavy atom. The first-order chi connectivity index (χ1) is 11.3. The maximum absolute atomic E-state index is 12.5. The average Bonchev–Trinajstić information content (AvgIpc) is 3.23. The number of likely N-dealkylation sites (tertiary alicyclic amines) is 1. The van der Waals surface area contributed by atoms with Gasteiger partial charge >= 0.3 is 0 Å². The van der Waals surface area contributed by atoms with E-state index in [1.54, 1.807) is 6.33 Å². The molecule has 0 radical (unpaired) electrons. The van der Waals surface area contributed by atoms with E-state index in [0.717, 1.165) is 30.9 Å². The van der Waals surface area contributed by atoms with E-state index in [-0.39, 0.29) is 5.91 Å². The summed E-state index contributed by atoms with van der Waals surface area (Å²) in [4.78, 5) is 18.3. The number of aromatic nitrogens is 4. The van der Waals surface area contributed by atoms with E-state index in [1.807, 2.05) is 62.9 Å². The fourth-order valence-corrected chi connectivity index (χ4v) is 2.91. The molecule has 0 atom stereocenters. The van der Waals surface area contributed by atoms with E-state index >= 15 is 0 Å². The number of rotatable bonds is 4. The predicted octanol–water partition coefficient (Wildman–Crippen LogP) is 1.84. The van der Waals surface area contributed by atoms with Crippen LogP contribution in [0.5, 0.6) is 0 Å². The molecule has 6 heteroatoms. The minimum absolute atomic E-state index is 0.0962. The first-order valence-corrected chi connectivity index (χ1v) is 7.65. The number of carbonyl (C=O) groups is 1. The Morgan fingerprint density at radius 2 is 1.87 bits per heavy atom. The van der Waals surface area contributed by atoms with Crippen LogP contribution in [0.3, 0.4) is 0 Å². The van der Waals surface area contributed by atoms with Gasteiger partial charge in [0.05, 0.1) is 0 Å². The Kier molecular flexibility index (Phi) is 3.42. The monoisotopic (exact) mass is 307 g/mol. The maximum atomic E-state index is 12.5. The van der Waals surface area contributed by atoms with Crippen LogP contribution in [0, 0.1) is 5.92 Å². The molecule has 0 spiro atoms. The van der Waals surface area contributed by atoms with Crippen molar-refractivity contribution in [2.24, 2.45) is 5.92 Å². The molecule has 4 rings (SSSR count). The van der Waals surface area contributed by atoms with Gasteiger partial charge < -0.3 is 9.47 Å². The van der Waals surface area contributed by atoms with Crippen molar-refractivity contribution in [3.63, 3.8) is 0 Å². The Morgan fingerprint density at radius 3 is 2.52 bits per heavy atom. The fraction of sp³-hybridized carbons (Fsp3) is 0.235.